The quantitative estimate of drug-likeness (QED) is 0.0262. The van der Waals surface area contributed by atoms with Crippen LogP contribution in [0.2, 0.25) is 0 Å². The van der Waals surface area contributed by atoms with E-state index in [2.05, 4.69) is 93.7 Å². The van der Waals surface area contributed by atoms with Crippen LogP contribution in [0, 0.1) is 0 Å². The zero-order valence-corrected chi connectivity index (χ0v) is 42.0. The van der Waals surface area contributed by atoms with Gasteiger partial charge < -0.3 is 14.2 Å². The number of ether oxygens (including phenoxy) is 3. The second-order valence-electron chi connectivity index (χ2n) is 17.8. The lowest BCUT2D eigenvalue weighted by molar-refractivity contribution is -0.167. The van der Waals surface area contributed by atoms with Gasteiger partial charge in [0.05, 0.1) is 0 Å². The monoisotopic (exact) mass is 893 g/mol. The second kappa shape index (κ2) is 52.5. The van der Waals surface area contributed by atoms with E-state index in [4.69, 9.17) is 14.2 Å². The topological polar surface area (TPSA) is 78.9 Å². The summed E-state index contributed by atoms with van der Waals surface area (Å²) in [5.74, 6) is -0.932. The first-order valence-corrected chi connectivity index (χ1v) is 26.9. The summed E-state index contributed by atoms with van der Waals surface area (Å²) in [5, 5.41) is 0. The Bertz CT molecular complexity index is 1210. The summed E-state index contributed by atoms with van der Waals surface area (Å²) >= 11 is 0. The van der Waals surface area contributed by atoms with Crippen LogP contribution < -0.4 is 0 Å². The molecule has 0 aliphatic carbocycles. The maximum atomic E-state index is 12.8. The van der Waals surface area contributed by atoms with Gasteiger partial charge in [-0.25, -0.2) is 0 Å². The number of hydrogen-bond donors (Lipinski definition) is 0. The third-order valence-corrected chi connectivity index (χ3v) is 11.4. The molecule has 0 aliphatic rings. The van der Waals surface area contributed by atoms with Crippen molar-refractivity contribution in [3.63, 3.8) is 0 Å². The number of esters is 3. The minimum Gasteiger partial charge on any atom is -0.462 e. The third kappa shape index (κ3) is 49.9. The molecule has 0 unspecified atom stereocenters. The molecule has 0 saturated carbocycles. The van der Waals surface area contributed by atoms with E-state index in [0.29, 0.717) is 19.3 Å². The van der Waals surface area contributed by atoms with E-state index in [9.17, 15) is 14.4 Å². The Morgan fingerprint density at radius 3 is 0.922 bits per heavy atom. The molecule has 0 bridgehead atoms. The highest BCUT2D eigenvalue weighted by Gasteiger charge is 2.19. The van der Waals surface area contributed by atoms with Gasteiger partial charge in [-0.1, -0.05) is 216 Å². The van der Waals surface area contributed by atoms with Gasteiger partial charge >= 0.3 is 17.9 Å². The average molecular weight is 893 g/mol. The molecule has 0 saturated heterocycles. The van der Waals surface area contributed by atoms with E-state index in [1.807, 2.05) is 0 Å². The minimum atomic E-state index is -0.794. The van der Waals surface area contributed by atoms with Crippen molar-refractivity contribution in [1.29, 1.82) is 0 Å². The van der Waals surface area contributed by atoms with Gasteiger partial charge in [-0.15, -0.1) is 0 Å². The summed E-state index contributed by atoms with van der Waals surface area (Å²) in [6.45, 7) is 6.55. The maximum Gasteiger partial charge on any atom is 0.306 e. The van der Waals surface area contributed by atoms with Crippen LogP contribution in [-0.2, 0) is 28.6 Å². The molecular weight excluding hydrogens is 793 g/mol. The zero-order valence-electron chi connectivity index (χ0n) is 42.0. The Kier molecular flexibility index (Phi) is 49.9. The SMILES string of the molecule is CCCCC/C=C\C/C=C\C/C=C\C/C=C\CCCCCC(=O)OC[C@H](COC(=O)CCCCCCCCCCCCCC)OC(=O)CCCCCCC/C=C\C/C=C\CCCCC. The summed E-state index contributed by atoms with van der Waals surface area (Å²) in [6, 6.07) is 0. The number of allylic oxidation sites excluding steroid dienone is 12. The lowest BCUT2D eigenvalue weighted by atomic mass is 10.0. The lowest BCUT2D eigenvalue weighted by Crippen LogP contribution is -2.30. The molecule has 0 rings (SSSR count). The molecule has 0 radical (unpaired) electrons. The van der Waals surface area contributed by atoms with Gasteiger partial charge in [0.25, 0.3) is 0 Å². The minimum absolute atomic E-state index is 0.0899. The first kappa shape index (κ1) is 60.9. The van der Waals surface area contributed by atoms with Gasteiger partial charge in [-0.3, -0.25) is 14.4 Å². The first-order valence-electron chi connectivity index (χ1n) is 26.9. The number of rotatable bonds is 48. The molecule has 0 aliphatic heterocycles. The molecular formula is C58H100O6. The van der Waals surface area contributed by atoms with Crippen molar-refractivity contribution in [3.05, 3.63) is 72.9 Å². The Morgan fingerprint density at radius 2 is 0.562 bits per heavy atom. The Labute approximate surface area is 395 Å². The number of carbonyl (C=O) groups is 3. The standard InChI is InChI=1S/C58H100O6/c1-4-7-10-13-16-19-22-25-27-28-29-30-32-33-36-39-42-45-48-51-57(60)63-54-55(53-62-56(59)50-47-44-41-38-35-24-21-18-15-12-9-6-3)64-58(61)52-49-46-43-40-37-34-31-26-23-20-17-14-11-8-5-2/h16-17,19-20,25-27,29-31,33,36,55H,4-15,18,21-24,28,32,34-35,37-54H2,1-3H3/b19-16-,20-17-,27-25-,30-29-,31-26-,36-33-/t55-/m0/s1. The molecule has 0 spiro atoms. The fourth-order valence-corrected chi connectivity index (χ4v) is 7.34. The summed E-state index contributed by atoms with van der Waals surface area (Å²) in [6.07, 6.45) is 65.9. The zero-order chi connectivity index (χ0) is 46.5. The van der Waals surface area contributed by atoms with Crippen LogP contribution in [0.15, 0.2) is 72.9 Å². The number of unbranched alkanes of at least 4 members (excludes halogenated alkanes) is 25. The Morgan fingerprint density at radius 1 is 0.312 bits per heavy atom. The smallest absolute Gasteiger partial charge is 0.306 e. The van der Waals surface area contributed by atoms with Crippen LogP contribution >= 0.6 is 0 Å². The predicted molar refractivity (Wildman–Crippen MR) is 274 cm³/mol. The summed E-state index contributed by atoms with van der Waals surface area (Å²) in [7, 11) is 0. The van der Waals surface area contributed by atoms with Crippen molar-refractivity contribution in [2.24, 2.45) is 0 Å². The van der Waals surface area contributed by atoms with E-state index in [1.54, 1.807) is 0 Å². The van der Waals surface area contributed by atoms with Crippen LogP contribution in [0.25, 0.3) is 0 Å². The second-order valence-corrected chi connectivity index (χ2v) is 17.8. The van der Waals surface area contributed by atoms with Crippen molar-refractivity contribution in [3.8, 4) is 0 Å². The van der Waals surface area contributed by atoms with Crippen molar-refractivity contribution in [2.45, 2.75) is 264 Å². The van der Waals surface area contributed by atoms with E-state index in [-0.39, 0.29) is 31.1 Å². The van der Waals surface area contributed by atoms with E-state index < -0.39 is 6.10 Å². The predicted octanol–water partition coefficient (Wildman–Crippen LogP) is 17.8. The molecule has 0 fully saturated rings. The van der Waals surface area contributed by atoms with Gasteiger partial charge in [-0.2, -0.15) is 0 Å². The highest BCUT2D eigenvalue weighted by atomic mass is 16.6. The normalized spacial score (nSPS) is 12.6. The van der Waals surface area contributed by atoms with Gasteiger partial charge in [0.15, 0.2) is 6.10 Å². The van der Waals surface area contributed by atoms with Gasteiger partial charge in [0.2, 0.25) is 0 Å². The molecule has 1 atom stereocenters. The van der Waals surface area contributed by atoms with Gasteiger partial charge in [0.1, 0.15) is 13.2 Å². The first-order chi connectivity index (χ1) is 31.5. The lowest BCUT2D eigenvalue weighted by Gasteiger charge is -2.18. The maximum absolute atomic E-state index is 12.8. The van der Waals surface area contributed by atoms with Crippen LogP contribution in [0.1, 0.15) is 258 Å². The summed E-state index contributed by atoms with van der Waals surface area (Å²) in [4.78, 5) is 38.0. The molecule has 0 heterocycles. The molecule has 6 heteroatoms. The van der Waals surface area contributed by atoms with E-state index in [0.717, 1.165) is 109 Å². The molecule has 0 aromatic heterocycles. The van der Waals surface area contributed by atoms with Gasteiger partial charge in [0, 0.05) is 19.3 Å². The van der Waals surface area contributed by atoms with Gasteiger partial charge in [-0.05, 0) is 96.3 Å². The summed E-state index contributed by atoms with van der Waals surface area (Å²) < 4.78 is 16.8. The molecule has 0 amide bonds. The van der Waals surface area contributed by atoms with Crippen molar-refractivity contribution in [2.75, 3.05) is 13.2 Å². The highest BCUT2D eigenvalue weighted by Crippen LogP contribution is 2.14. The van der Waals surface area contributed by atoms with Crippen LogP contribution in [0.5, 0.6) is 0 Å². The van der Waals surface area contributed by atoms with Crippen LogP contribution in [-0.4, -0.2) is 37.2 Å². The van der Waals surface area contributed by atoms with Crippen molar-refractivity contribution < 1.29 is 28.6 Å². The van der Waals surface area contributed by atoms with Crippen LogP contribution in [0.4, 0.5) is 0 Å². The van der Waals surface area contributed by atoms with Crippen LogP contribution in [0.3, 0.4) is 0 Å². The molecule has 0 aromatic carbocycles. The summed E-state index contributed by atoms with van der Waals surface area (Å²) in [5.41, 5.74) is 0. The Hall–Kier alpha value is -3.15. The highest BCUT2D eigenvalue weighted by molar-refractivity contribution is 5.71. The largest absolute Gasteiger partial charge is 0.462 e. The van der Waals surface area contributed by atoms with E-state index in [1.165, 1.54) is 109 Å². The molecule has 0 aromatic rings. The fourth-order valence-electron chi connectivity index (χ4n) is 7.34. The molecule has 368 valence electrons. The number of hydrogen-bond acceptors (Lipinski definition) is 6. The molecule has 0 N–H and O–H groups in total. The fraction of sp³-hybridized carbons (Fsp3) is 0.741. The number of carbonyl (C=O) groups excluding carboxylic acids is 3. The third-order valence-electron chi connectivity index (χ3n) is 11.4. The van der Waals surface area contributed by atoms with Crippen molar-refractivity contribution >= 4 is 17.9 Å². The average Bonchev–Trinajstić information content (AvgIpc) is 3.29. The van der Waals surface area contributed by atoms with Crippen molar-refractivity contribution in [1.82, 2.24) is 0 Å². The Balaban J connectivity index is 4.44. The molecule has 6 nitrogen and oxygen atoms in total. The van der Waals surface area contributed by atoms with E-state index >= 15 is 0 Å². The molecule has 64 heavy (non-hydrogen) atoms.